The fraction of sp³-hybridized carbons (Fsp3) is 0.609. The van der Waals surface area contributed by atoms with Crippen molar-refractivity contribution in [3.05, 3.63) is 23.5 Å². The summed E-state index contributed by atoms with van der Waals surface area (Å²) < 4.78 is 13.0. The van der Waals surface area contributed by atoms with Crippen LogP contribution in [0.25, 0.3) is 11.4 Å². The highest BCUT2D eigenvalue weighted by Gasteiger charge is 2.38. The smallest absolute Gasteiger partial charge is 0.407 e. The second kappa shape index (κ2) is 9.36. The molecule has 2 atom stereocenters. The summed E-state index contributed by atoms with van der Waals surface area (Å²) in [6.07, 6.45) is 4.45. The van der Waals surface area contributed by atoms with Crippen LogP contribution in [0.5, 0.6) is 5.75 Å². The molecule has 0 aromatic carbocycles. The number of nitrogens with zero attached hydrogens (tertiary/aromatic N) is 4. The Kier molecular flexibility index (Phi) is 6.53. The Labute approximate surface area is 192 Å². The Morgan fingerprint density at radius 2 is 2.09 bits per heavy atom. The molecule has 0 radical (unpaired) electrons. The van der Waals surface area contributed by atoms with Crippen molar-refractivity contribution >= 4 is 12.1 Å². The Bertz CT molecular complexity index is 1030. The van der Waals surface area contributed by atoms with Crippen molar-refractivity contribution in [1.29, 1.82) is 0 Å². The van der Waals surface area contributed by atoms with Gasteiger partial charge in [0.05, 0.1) is 42.3 Å². The van der Waals surface area contributed by atoms with E-state index in [4.69, 9.17) is 9.47 Å². The van der Waals surface area contributed by atoms with Crippen molar-refractivity contribution in [3.8, 4) is 17.1 Å². The Morgan fingerprint density at radius 3 is 2.79 bits per heavy atom. The molecule has 2 heterocycles. The number of amides is 1. The molecule has 2 saturated carbocycles. The van der Waals surface area contributed by atoms with Gasteiger partial charge in [0.25, 0.3) is 0 Å². The number of carboxylic acids is 1. The third kappa shape index (κ3) is 5.61. The fourth-order valence-corrected chi connectivity index (χ4v) is 4.04. The number of hydrogen-bond donors (Lipinski definition) is 2. The quantitative estimate of drug-likeness (QED) is 0.618. The summed E-state index contributed by atoms with van der Waals surface area (Å²) in [4.78, 5) is 28.0. The number of carboxylic acid groups (broad SMARTS) is 1. The number of ether oxygens (including phenoxy) is 2. The number of hydrogen-bond acceptors (Lipinski definition) is 7. The molecule has 0 unspecified atom stereocenters. The summed E-state index contributed by atoms with van der Waals surface area (Å²) in [5, 5.41) is 20.4. The van der Waals surface area contributed by atoms with Gasteiger partial charge in [0, 0.05) is 12.5 Å². The molecule has 1 amide bonds. The van der Waals surface area contributed by atoms with Crippen LogP contribution in [0, 0.1) is 18.3 Å². The third-order valence-electron chi connectivity index (χ3n) is 6.55. The van der Waals surface area contributed by atoms with Crippen LogP contribution < -0.4 is 10.1 Å². The van der Waals surface area contributed by atoms with Crippen LogP contribution >= 0.6 is 0 Å². The zero-order chi connectivity index (χ0) is 23.6. The predicted molar refractivity (Wildman–Crippen MR) is 119 cm³/mol. The maximum absolute atomic E-state index is 12.1. The van der Waals surface area contributed by atoms with Crippen LogP contribution in [0.15, 0.2) is 12.1 Å². The van der Waals surface area contributed by atoms with Gasteiger partial charge < -0.3 is 19.9 Å². The average molecular weight is 458 g/mol. The van der Waals surface area contributed by atoms with E-state index in [0.29, 0.717) is 48.0 Å². The van der Waals surface area contributed by atoms with Crippen LogP contribution in [0.4, 0.5) is 4.79 Å². The highest BCUT2D eigenvalue weighted by molar-refractivity contribution is 5.70. The molecular formula is C23H31N5O5. The summed E-state index contributed by atoms with van der Waals surface area (Å²) in [5.41, 5.74) is 2.72. The van der Waals surface area contributed by atoms with Crippen LogP contribution in [-0.4, -0.2) is 49.9 Å². The lowest BCUT2D eigenvalue weighted by molar-refractivity contribution is -0.143. The standard InChI is InChI=1S/C23H31N5O5/c1-14-19(33-16-6-4-5-15(11-16)21(29)30)8-7-17(25-14)20-18(28(3)27-26-20)12-24-22(31)32-13-23(2)9-10-23/h7-8,15-16H,4-6,9-13H2,1-3H3,(H,24,31)(H,29,30)/t15-,16-/m0/s1. The molecule has 2 fully saturated rings. The molecule has 10 heteroatoms. The van der Waals surface area contributed by atoms with Crippen molar-refractivity contribution in [1.82, 2.24) is 25.3 Å². The molecule has 0 spiro atoms. The summed E-state index contributed by atoms with van der Waals surface area (Å²) in [6.45, 7) is 4.59. The van der Waals surface area contributed by atoms with Crippen molar-refractivity contribution in [2.45, 2.75) is 65.0 Å². The molecule has 2 aliphatic carbocycles. The number of carbonyl (C=O) groups is 2. The van der Waals surface area contributed by atoms with E-state index in [0.717, 1.165) is 25.7 Å². The first-order valence-electron chi connectivity index (χ1n) is 11.4. The van der Waals surface area contributed by atoms with Gasteiger partial charge in [-0.25, -0.2) is 14.5 Å². The molecule has 2 N–H and O–H groups in total. The van der Waals surface area contributed by atoms with Gasteiger partial charge >= 0.3 is 12.1 Å². The molecule has 0 aliphatic heterocycles. The minimum atomic E-state index is -0.761. The minimum absolute atomic E-state index is 0.133. The molecule has 178 valence electrons. The van der Waals surface area contributed by atoms with Gasteiger partial charge in [-0.3, -0.25) is 4.79 Å². The van der Waals surface area contributed by atoms with Crippen molar-refractivity contribution < 1.29 is 24.2 Å². The van der Waals surface area contributed by atoms with Crippen molar-refractivity contribution in [2.24, 2.45) is 18.4 Å². The van der Waals surface area contributed by atoms with Gasteiger partial charge in [-0.05, 0) is 57.6 Å². The van der Waals surface area contributed by atoms with Crippen molar-refractivity contribution in [2.75, 3.05) is 6.61 Å². The molecule has 2 aliphatic rings. The van der Waals surface area contributed by atoms with Crippen LogP contribution in [0.1, 0.15) is 56.8 Å². The number of aryl methyl sites for hydroxylation is 2. The monoisotopic (exact) mass is 457 g/mol. The van der Waals surface area contributed by atoms with E-state index >= 15 is 0 Å². The first-order chi connectivity index (χ1) is 15.7. The summed E-state index contributed by atoms with van der Waals surface area (Å²) in [7, 11) is 1.76. The Morgan fingerprint density at radius 1 is 1.30 bits per heavy atom. The molecule has 2 aromatic rings. The maximum Gasteiger partial charge on any atom is 0.407 e. The molecule has 10 nitrogen and oxygen atoms in total. The third-order valence-corrected chi connectivity index (χ3v) is 6.55. The second-order valence-electron chi connectivity index (χ2n) is 9.47. The summed E-state index contributed by atoms with van der Waals surface area (Å²) >= 11 is 0. The molecular weight excluding hydrogens is 426 g/mol. The Balaban J connectivity index is 1.40. The molecule has 0 bridgehead atoms. The van der Waals surface area contributed by atoms with E-state index in [1.165, 1.54) is 0 Å². The Hall–Kier alpha value is -3.17. The maximum atomic E-state index is 12.1. The second-order valence-corrected chi connectivity index (χ2v) is 9.47. The highest BCUT2D eigenvalue weighted by atomic mass is 16.5. The minimum Gasteiger partial charge on any atom is -0.489 e. The number of nitrogens with one attached hydrogen (secondary N) is 1. The van der Waals surface area contributed by atoms with E-state index < -0.39 is 12.1 Å². The first kappa shape index (κ1) is 23.0. The number of rotatable bonds is 8. The van der Waals surface area contributed by atoms with Crippen LogP contribution in [0.3, 0.4) is 0 Å². The lowest BCUT2D eigenvalue weighted by atomic mass is 9.87. The zero-order valence-electron chi connectivity index (χ0n) is 19.3. The van der Waals surface area contributed by atoms with E-state index in [1.54, 1.807) is 17.8 Å². The lowest BCUT2D eigenvalue weighted by Crippen LogP contribution is -2.29. The van der Waals surface area contributed by atoms with E-state index in [2.05, 4.69) is 27.5 Å². The highest BCUT2D eigenvalue weighted by Crippen LogP contribution is 2.44. The summed E-state index contributed by atoms with van der Waals surface area (Å²) in [5.74, 6) is -0.483. The zero-order valence-corrected chi connectivity index (χ0v) is 19.3. The van der Waals surface area contributed by atoms with E-state index in [1.807, 2.05) is 13.0 Å². The van der Waals surface area contributed by atoms with Gasteiger partial charge in [-0.2, -0.15) is 0 Å². The van der Waals surface area contributed by atoms with Gasteiger partial charge in [0.15, 0.2) is 0 Å². The van der Waals surface area contributed by atoms with Gasteiger partial charge in [0.2, 0.25) is 0 Å². The number of pyridine rings is 1. The number of aromatic nitrogens is 4. The van der Waals surface area contributed by atoms with Gasteiger partial charge in [-0.15, -0.1) is 5.10 Å². The van der Waals surface area contributed by atoms with E-state index in [9.17, 15) is 14.7 Å². The summed E-state index contributed by atoms with van der Waals surface area (Å²) in [6, 6.07) is 3.64. The largest absolute Gasteiger partial charge is 0.489 e. The predicted octanol–water partition coefficient (Wildman–Crippen LogP) is 3.23. The normalized spacial score (nSPS) is 21.3. The number of alkyl carbamates (subject to hydrolysis) is 1. The van der Waals surface area contributed by atoms with Crippen LogP contribution in [-0.2, 0) is 23.1 Å². The topological polar surface area (TPSA) is 128 Å². The van der Waals surface area contributed by atoms with Gasteiger partial charge in [-0.1, -0.05) is 12.1 Å². The SMILES string of the molecule is Cc1nc(-c2nnn(C)c2CNC(=O)OCC2(C)CC2)ccc1O[C@H]1CCC[C@H](C(=O)O)C1. The molecule has 33 heavy (non-hydrogen) atoms. The van der Waals surface area contributed by atoms with Gasteiger partial charge in [0.1, 0.15) is 11.4 Å². The van der Waals surface area contributed by atoms with Crippen molar-refractivity contribution in [3.63, 3.8) is 0 Å². The molecule has 2 aromatic heterocycles. The lowest BCUT2D eigenvalue weighted by Gasteiger charge is -2.27. The fourth-order valence-electron chi connectivity index (χ4n) is 4.04. The first-order valence-corrected chi connectivity index (χ1v) is 11.4. The molecule has 0 saturated heterocycles. The van der Waals surface area contributed by atoms with E-state index in [-0.39, 0.29) is 24.0 Å². The molecule has 4 rings (SSSR count). The number of carbonyl (C=O) groups excluding carboxylic acids is 1. The van der Waals surface area contributed by atoms with Crippen LogP contribution in [0.2, 0.25) is 0 Å². The average Bonchev–Trinajstić information content (AvgIpc) is 3.42. The number of aliphatic carboxylic acids is 1.